The molecule has 0 fully saturated rings. The monoisotopic (exact) mass is 370 g/mol. The molecule has 0 bridgehead atoms. The van der Waals surface area contributed by atoms with Gasteiger partial charge in [0, 0.05) is 11.1 Å². The average molecular weight is 370 g/mol. The van der Waals surface area contributed by atoms with E-state index in [1.165, 1.54) is 0 Å². The topological polar surface area (TPSA) is 147 Å². The van der Waals surface area contributed by atoms with Crippen LogP contribution in [0.15, 0.2) is 58.7 Å². The van der Waals surface area contributed by atoms with E-state index in [0.29, 0.717) is 24.9 Å². The fourth-order valence-corrected chi connectivity index (χ4v) is 2.35. The molecule has 2 rings (SSSR count). The van der Waals surface area contributed by atoms with Crippen LogP contribution in [0.3, 0.4) is 0 Å². The maximum Gasteiger partial charge on any atom is 0.150 e. The first-order valence-electron chi connectivity index (χ1n) is 8.67. The number of amidine groups is 2. The van der Waals surface area contributed by atoms with Crippen LogP contribution in [0.5, 0.6) is 11.5 Å². The molecule has 0 unspecified atom stereocenters. The van der Waals surface area contributed by atoms with Crippen molar-refractivity contribution in [2.24, 2.45) is 33.4 Å². The summed E-state index contributed by atoms with van der Waals surface area (Å²) in [4.78, 5) is 0. The van der Waals surface area contributed by atoms with E-state index in [0.717, 1.165) is 41.9 Å². The van der Waals surface area contributed by atoms with Crippen LogP contribution in [0, 0.1) is 0 Å². The van der Waals surface area contributed by atoms with Gasteiger partial charge in [-0.1, -0.05) is 0 Å². The molecule has 0 radical (unpaired) electrons. The zero-order valence-electron chi connectivity index (χ0n) is 15.2. The highest BCUT2D eigenvalue weighted by molar-refractivity contribution is 5.97. The quantitative estimate of drug-likeness (QED) is 0.164. The van der Waals surface area contributed by atoms with Gasteiger partial charge in [0.2, 0.25) is 0 Å². The molecule has 0 amide bonds. The van der Waals surface area contributed by atoms with Gasteiger partial charge in [0.1, 0.15) is 23.2 Å². The van der Waals surface area contributed by atoms with Crippen molar-refractivity contribution in [2.75, 3.05) is 13.2 Å². The van der Waals surface area contributed by atoms with Gasteiger partial charge < -0.3 is 32.6 Å². The number of benzene rings is 2. The van der Waals surface area contributed by atoms with Crippen LogP contribution >= 0.6 is 0 Å². The van der Waals surface area contributed by atoms with Crippen LogP contribution < -0.4 is 32.6 Å². The van der Waals surface area contributed by atoms with E-state index in [-0.39, 0.29) is 0 Å². The van der Waals surface area contributed by atoms with Gasteiger partial charge in [-0.25, -0.2) is 0 Å². The zero-order chi connectivity index (χ0) is 19.5. The largest absolute Gasteiger partial charge is 0.494 e. The van der Waals surface area contributed by atoms with Crippen LogP contribution in [0.4, 0.5) is 0 Å². The molecule has 8 heteroatoms. The maximum absolute atomic E-state index is 5.70. The Hall–Kier alpha value is -3.42. The van der Waals surface area contributed by atoms with Crippen molar-refractivity contribution in [3.63, 3.8) is 0 Å². The van der Waals surface area contributed by atoms with Gasteiger partial charge in [-0.2, -0.15) is 10.2 Å². The van der Waals surface area contributed by atoms with Crippen molar-refractivity contribution < 1.29 is 9.47 Å². The highest BCUT2D eigenvalue weighted by atomic mass is 16.5. The summed E-state index contributed by atoms with van der Waals surface area (Å²) in [5.74, 6) is 12.5. The molecule has 27 heavy (non-hydrogen) atoms. The molecule has 0 saturated carbocycles. The predicted molar refractivity (Wildman–Crippen MR) is 108 cm³/mol. The predicted octanol–water partition coefficient (Wildman–Crippen LogP) is 1.47. The van der Waals surface area contributed by atoms with E-state index in [4.69, 9.17) is 32.6 Å². The summed E-state index contributed by atoms with van der Waals surface area (Å²) in [6.07, 6.45) is 2.90. The lowest BCUT2D eigenvalue weighted by Crippen LogP contribution is -2.15. The second kappa shape index (κ2) is 10.5. The van der Waals surface area contributed by atoms with Crippen molar-refractivity contribution in [2.45, 2.75) is 19.3 Å². The Bertz CT molecular complexity index is 691. The highest BCUT2D eigenvalue weighted by Crippen LogP contribution is 2.14. The number of nitrogens with two attached hydrogens (primary N) is 4. The number of hydrazone groups is 2. The second-order valence-corrected chi connectivity index (χ2v) is 5.84. The molecule has 0 saturated heterocycles. The summed E-state index contributed by atoms with van der Waals surface area (Å²) in [6.45, 7) is 1.29. The third-order valence-electron chi connectivity index (χ3n) is 3.90. The molecule has 2 aromatic carbocycles. The normalized spacial score (nSPS) is 12.0. The number of rotatable bonds is 10. The summed E-state index contributed by atoms with van der Waals surface area (Å²) in [5, 5.41) is 6.91. The fraction of sp³-hybridized carbons (Fsp3) is 0.263. The first kappa shape index (κ1) is 19.9. The molecule has 144 valence electrons. The number of nitrogens with zero attached hydrogens (tertiary/aromatic N) is 2. The Morgan fingerprint density at radius 1 is 0.630 bits per heavy atom. The number of unbranched alkanes of at least 4 members (excludes halogenated alkanes) is 2. The molecule has 0 aromatic heterocycles. The average Bonchev–Trinajstić information content (AvgIpc) is 2.72. The summed E-state index contributed by atoms with van der Waals surface area (Å²) >= 11 is 0. The Morgan fingerprint density at radius 3 is 1.33 bits per heavy atom. The second-order valence-electron chi connectivity index (χ2n) is 5.84. The molecule has 8 nitrogen and oxygen atoms in total. The maximum atomic E-state index is 5.70. The number of hydrogen-bond acceptors (Lipinski definition) is 6. The summed E-state index contributed by atoms with van der Waals surface area (Å²) in [6, 6.07) is 14.7. The van der Waals surface area contributed by atoms with E-state index < -0.39 is 0 Å². The molecular weight excluding hydrogens is 344 g/mol. The molecule has 2 aromatic rings. The lowest BCUT2D eigenvalue weighted by atomic mass is 10.2. The van der Waals surface area contributed by atoms with E-state index in [1.54, 1.807) is 0 Å². The molecular formula is C19H26N6O2. The molecule has 8 N–H and O–H groups in total. The van der Waals surface area contributed by atoms with Gasteiger partial charge in [-0.05, 0) is 67.8 Å². The van der Waals surface area contributed by atoms with Gasteiger partial charge >= 0.3 is 0 Å². The molecule has 0 heterocycles. The van der Waals surface area contributed by atoms with Crippen LogP contribution in [0.2, 0.25) is 0 Å². The third kappa shape index (κ3) is 6.43. The number of ether oxygens (including phenoxy) is 2. The van der Waals surface area contributed by atoms with Crippen molar-refractivity contribution in [3.8, 4) is 11.5 Å². The SMILES string of the molecule is N/N=C(\N)c1ccc(OCCCCCOc2ccc(/C(N)=N/N)cc2)cc1. The molecule has 0 atom stereocenters. The van der Waals surface area contributed by atoms with E-state index in [2.05, 4.69) is 10.2 Å². The Kier molecular flexibility index (Phi) is 7.77. The summed E-state index contributed by atoms with van der Waals surface area (Å²) < 4.78 is 11.4. The van der Waals surface area contributed by atoms with Crippen molar-refractivity contribution in [1.82, 2.24) is 0 Å². The Balaban J connectivity index is 1.59. The van der Waals surface area contributed by atoms with E-state index >= 15 is 0 Å². The van der Waals surface area contributed by atoms with Crippen LogP contribution in [0.1, 0.15) is 30.4 Å². The molecule has 0 aliphatic heterocycles. The Labute approximate surface area is 158 Å². The minimum Gasteiger partial charge on any atom is -0.494 e. The Morgan fingerprint density at radius 2 is 1.00 bits per heavy atom. The van der Waals surface area contributed by atoms with Crippen LogP contribution in [0.25, 0.3) is 0 Å². The van der Waals surface area contributed by atoms with E-state index in [9.17, 15) is 0 Å². The standard InChI is InChI=1S/C19H26N6O2/c20-18(24-22)14-4-8-16(9-5-14)26-12-2-1-3-13-27-17-10-6-15(7-11-17)19(21)25-23/h4-11H,1-3,12-13,22-23H2,(H2,20,24)(H2,21,25). The minimum atomic E-state index is 0.298. The summed E-state index contributed by atoms with van der Waals surface area (Å²) in [5.41, 5.74) is 12.8. The lowest BCUT2D eigenvalue weighted by molar-refractivity contribution is 0.279. The minimum absolute atomic E-state index is 0.298. The van der Waals surface area contributed by atoms with Crippen LogP contribution in [-0.4, -0.2) is 24.9 Å². The van der Waals surface area contributed by atoms with Gasteiger partial charge in [0.15, 0.2) is 0 Å². The summed E-state index contributed by atoms with van der Waals surface area (Å²) in [7, 11) is 0. The smallest absolute Gasteiger partial charge is 0.150 e. The molecule has 0 aliphatic rings. The first-order chi connectivity index (χ1) is 13.1. The van der Waals surface area contributed by atoms with Gasteiger partial charge in [-0.3, -0.25) is 0 Å². The molecule has 0 spiro atoms. The highest BCUT2D eigenvalue weighted by Gasteiger charge is 2.01. The fourth-order valence-electron chi connectivity index (χ4n) is 2.35. The zero-order valence-corrected chi connectivity index (χ0v) is 15.2. The molecule has 0 aliphatic carbocycles. The van der Waals surface area contributed by atoms with Crippen molar-refractivity contribution in [3.05, 3.63) is 59.7 Å². The van der Waals surface area contributed by atoms with Crippen LogP contribution in [-0.2, 0) is 0 Å². The van der Waals surface area contributed by atoms with Gasteiger partial charge in [0.25, 0.3) is 0 Å². The van der Waals surface area contributed by atoms with Crippen molar-refractivity contribution in [1.29, 1.82) is 0 Å². The lowest BCUT2D eigenvalue weighted by Gasteiger charge is -2.08. The third-order valence-corrected chi connectivity index (χ3v) is 3.90. The number of hydrogen-bond donors (Lipinski definition) is 4. The van der Waals surface area contributed by atoms with Gasteiger partial charge in [0.05, 0.1) is 13.2 Å². The first-order valence-corrected chi connectivity index (χ1v) is 8.67. The van der Waals surface area contributed by atoms with Crippen molar-refractivity contribution >= 4 is 11.7 Å². The van der Waals surface area contributed by atoms with Gasteiger partial charge in [-0.15, -0.1) is 0 Å². The van der Waals surface area contributed by atoms with E-state index in [1.807, 2.05) is 48.5 Å².